The third kappa shape index (κ3) is 2.74. The van der Waals surface area contributed by atoms with Gasteiger partial charge in [0.25, 0.3) is 0 Å². The van der Waals surface area contributed by atoms with Crippen LogP contribution >= 0.6 is 0 Å². The van der Waals surface area contributed by atoms with E-state index in [1.807, 2.05) is 7.05 Å². The normalized spacial score (nSPS) is 17.5. The van der Waals surface area contributed by atoms with Gasteiger partial charge in [0.15, 0.2) is 0 Å². The first-order chi connectivity index (χ1) is 9.31. The van der Waals surface area contributed by atoms with Crippen molar-refractivity contribution < 1.29 is 0 Å². The van der Waals surface area contributed by atoms with E-state index < -0.39 is 0 Å². The van der Waals surface area contributed by atoms with Crippen LogP contribution in [-0.2, 0) is 5.41 Å². The first-order valence-electron chi connectivity index (χ1n) is 7.66. The molecule has 0 aromatic carbocycles. The van der Waals surface area contributed by atoms with Gasteiger partial charge in [-0.2, -0.15) is 0 Å². The summed E-state index contributed by atoms with van der Waals surface area (Å²) in [6.07, 6.45) is 4.95. The molecule has 2 rings (SSSR count). The molecular weight excluding hydrogens is 248 g/mol. The Kier molecular flexibility index (Phi) is 3.94. The number of nitrogens with zero attached hydrogens (tertiary/aromatic N) is 2. The molecule has 1 aromatic rings. The molecule has 0 aliphatic heterocycles. The Morgan fingerprint density at radius 1 is 1.15 bits per heavy atom. The van der Waals surface area contributed by atoms with E-state index in [4.69, 9.17) is 4.98 Å². The second-order valence-electron chi connectivity index (χ2n) is 6.98. The van der Waals surface area contributed by atoms with Crippen molar-refractivity contribution in [1.82, 2.24) is 9.97 Å². The minimum Gasteiger partial charge on any atom is -0.373 e. The van der Waals surface area contributed by atoms with Crippen molar-refractivity contribution in [1.29, 1.82) is 0 Å². The zero-order valence-electron chi connectivity index (χ0n) is 13.7. The summed E-state index contributed by atoms with van der Waals surface area (Å²) in [5.74, 6) is 2.81. The largest absolute Gasteiger partial charge is 0.373 e. The van der Waals surface area contributed by atoms with Gasteiger partial charge in [-0.3, -0.25) is 0 Å². The van der Waals surface area contributed by atoms with Gasteiger partial charge in [0, 0.05) is 23.6 Å². The molecule has 112 valence electrons. The van der Waals surface area contributed by atoms with E-state index in [0.717, 1.165) is 29.4 Å². The third-order valence-corrected chi connectivity index (χ3v) is 4.42. The number of aromatic nitrogens is 2. The highest BCUT2D eigenvalue weighted by atomic mass is 15.1. The van der Waals surface area contributed by atoms with Gasteiger partial charge in [-0.05, 0) is 32.6 Å². The lowest BCUT2D eigenvalue weighted by Gasteiger charge is -2.43. The fourth-order valence-corrected chi connectivity index (χ4v) is 2.64. The minimum absolute atomic E-state index is 0.0469. The predicted molar refractivity (Wildman–Crippen MR) is 85.5 cm³/mol. The summed E-state index contributed by atoms with van der Waals surface area (Å²) >= 11 is 0. The van der Waals surface area contributed by atoms with Crippen molar-refractivity contribution >= 4 is 11.6 Å². The van der Waals surface area contributed by atoms with Crippen LogP contribution in [0.1, 0.15) is 64.8 Å². The first-order valence-corrected chi connectivity index (χ1v) is 7.66. The summed E-state index contributed by atoms with van der Waals surface area (Å²) < 4.78 is 0. The van der Waals surface area contributed by atoms with Crippen LogP contribution in [0.5, 0.6) is 0 Å². The lowest BCUT2D eigenvalue weighted by Crippen LogP contribution is -2.45. The second kappa shape index (κ2) is 5.23. The lowest BCUT2D eigenvalue weighted by molar-refractivity contribution is 0.268. The van der Waals surface area contributed by atoms with E-state index in [2.05, 4.69) is 50.2 Å². The van der Waals surface area contributed by atoms with Crippen LogP contribution in [-0.4, -0.2) is 22.6 Å². The first kappa shape index (κ1) is 15.1. The Morgan fingerprint density at radius 2 is 1.75 bits per heavy atom. The Hall–Kier alpha value is -1.32. The van der Waals surface area contributed by atoms with Gasteiger partial charge in [-0.1, -0.05) is 27.7 Å². The fraction of sp³-hybridized carbons (Fsp3) is 0.750. The monoisotopic (exact) mass is 276 g/mol. The van der Waals surface area contributed by atoms with E-state index in [-0.39, 0.29) is 11.0 Å². The average molecular weight is 276 g/mol. The topological polar surface area (TPSA) is 49.8 Å². The highest BCUT2D eigenvalue weighted by Gasteiger charge is 2.36. The summed E-state index contributed by atoms with van der Waals surface area (Å²) in [4.78, 5) is 9.46. The molecule has 1 saturated carbocycles. The van der Waals surface area contributed by atoms with Gasteiger partial charge >= 0.3 is 0 Å². The molecule has 1 fully saturated rings. The summed E-state index contributed by atoms with van der Waals surface area (Å²) in [5, 5.41) is 6.90. The van der Waals surface area contributed by atoms with Crippen molar-refractivity contribution in [3.63, 3.8) is 0 Å². The standard InChI is InChI=1S/C16H28N4/c1-7-16(9-8-10-16)20-13-11(2)12(17-6)18-14(19-13)15(3,4)5/h7-10H2,1-6H3,(H2,17,18,19,20). The molecule has 1 aromatic heterocycles. The van der Waals surface area contributed by atoms with Gasteiger partial charge in [0.05, 0.1) is 0 Å². The van der Waals surface area contributed by atoms with Crippen LogP contribution in [0.3, 0.4) is 0 Å². The molecule has 1 aliphatic rings. The van der Waals surface area contributed by atoms with Crippen molar-refractivity contribution in [2.45, 2.75) is 71.3 Å². The molecule has 2 N–H and O–H groups in total. The maximum atomic E-state index is 4.80. The molecule has 0 unspecified atom stereocenters. The maximum Gasteiger partial charge on any atom is 0.138 e. The maximum absolute atomic E-state index is 4.80. The van der Waals surface area contributed by atoms with Crippen molar-refractivity contribution in [2.75, 3.05) is 17.7 Å². The van der Waals surface area contributed by atoms with Crippen LogP contribution in [0.4, 0.5) is 11.6 Å². The number of nitrogens with one attached hydrogen (secondary N) is 2. The van der Waals surface area contributed by atoms with E-state index in [1.54, 1.807) is 0 Å². The number of hydrogen-bond acceptors (Lipinski definition) is 4. The Bertz CT molecular complexity index is 478. The minimum atomic E-state index is -0.0469. The van der Waals surface area contributed by atoms with Crippen molar-refractivity contribution in [3.8, 4) is 0 Å². The van der Waals surface area contributed by atoms with Crippen LogP contribution in [0.25, 0.3) is 0 Å². The molecule has 0 atom stereocenters. The molecule has 0 bridgehead atoms. The van der Waals surface area contributed by atoms with Gasteiger partial charge in [0.2, 0.25) is 0 Å². The van der Waals surface area contributed by atoms with Crippen LogP contribution < -0.4 is 10.6 Å². The SMILES string of the molecule is CCC1(Nc2nc(C(C)(C)C)nc(NC)c2C)CCC1. The highest BCUT2D eigenvalue weighted by Crippen LogP contribution is 2.39. The fourth-order valence-electron chi connectivity index (χ4n) is 2.64. The summed E-state index contributed by atoms with van der Waals surface area (Å²) in [5.41, 5.74) is 1.31. The van der Waals surface area contributed by atoms with E-state index in [1.165, 1.54) is 19.3 Å². The summed E-state index contributed by atoms with van der Waals surface area (Å²) in [6.45, 7) is 10.8. The third-order valence-electron chi connectivity index (χ3n) is 4.42. The van der Waals surface area contributed by atoms with Gasteiger partial charge in [-0.15, -0.1) is 0 Å². The zero-order valence-corrected chi connectivity index (χ0v) is 13.7. The lowest BCUT2D eigenvalue weighted by atomic mass is 9.75. The second-order valence-corrected chi connectivity index (χ2v) is 6.98. The number of anilines is 2. The van der Waals surface area contributed by atoms with Crippen LogP contribution in [0.2, 0.25) is 0 Å². The zero-order chi connectivity index (χ0) is 15.0. The summed E-state index contributed by atoms with van der Waals surface area (Å²) in [7, 11) is 1.92. The van der Waals surface area contributed by atoms with Gasteiger partial charge in [0.1, 0.15) is 17.5 Å². The number of hydrogen-bond donors (Lipinski definition) is 2. The molecule has 1 aliphatic carbocycles. The van der Waals surface area contributed by atoms with E-state index >= 15 is 0 Å². The molecule has 4 heteroatoms. The summed E-state index contributed by atoms with van der Waals surface area (Å²) in [6, 6.07) is 0. The highest BCUT2D eigenvalue weighted by molar-refractivity contribution is 5.58. The van der Waals surface area contributed by atoms with Crippen molar-refractivity contribution in [3.05, 3.63) is 11.4 Å². The molecule has 0 amide bonds. The molecule has 0 saturated heterocycles. The van der Waals surface area contributed by atoms with Gasteiger partial charge in [-0.25, -0.2) is 9.97 Å². The van der Waals surface area contributed by atoms with Gasteiger partial charge < -0.3 is 10.6 Å². The molecule has 0 radical (unpaired) electrons. The Balaban J connectivity index is 2.40. The Labute approximate surface area is 122 Å². The molecule has 0 spiro atoms. The molecule has 20 heavy (non-hydrogen) atoms. The van der Waals surface area contributed by atoms with E-state index in [9.17, 15) is 0 Å². The average Bonchev–Trinajstić information content (AvgIpc) is 2.34. The smallest absolute Gasteiger partial charge is 0.138 e. The molecule has 1 heterocycles. The Morgan fingerprint density at radius 3 is 2.15 bits per heavy atom. The van der Waals surface area contributed by atoms with Crippen LogP contribution in [0, 0.1) is 6.92 Å². The van der Waals surface area contributed by atoms with Crippen molar-refractivity contribution in [2.24, 2.45) is 0 Å². The molecule has 4 nitrogen and oxygen atoms in total. The molecular formula is C16H28N4. The van der Waals surface area contributed by atoms with Crippen LogP contribution in [0.15, 0.2) is 0 Å². The quantitative estimate of drug-likeness (QED) is 0.876. The predicted octanol–water partition coefficient (Wildman–Crippen LogP) is 3.87. The van der Waals surface area contributed by atoms with E-state index in [0.29, 0.717) is 0 Å². The number of rotatable bonds is 4.